The zero-order valence-electron chi connectivity index (χ0n) is 16.8. The minimum absolute atomic E-state index is 0.172. The molecule has 0 radical (unpaired) electrons. The van der Waals surface area contributed by atoms with E-state index in [1.807, 2.05) is 24.3 Å². The van der Waals surface area contributed by atoms with Crippen molar-refractivity contribution in [2.45, 2.75) is 38.3 Å². The van der Waals surface area contributed by atoms with E-state index < -0.39 is 0 Å². The highest BCUT2D eigenvalue weighted by atomic mass is 16.5. The average Bonchev–Trinajstić information content (AvgIpc) is 3.25. The first-order valence-electron chi connectivity index (χ1n) is 10.2. The van der Waals surface area contributed by atoms with Gasteiger partial charge in [0, 0.05) is 24.8 Å². The highest BCUT2D eigenvalue weighted by molar-refractivity contribution is 5.53. The van der Waals surface area contributed by atoms with Crippen LogP contribution in [-0.2, 0) is 13.0 Å². The lowest BCUT2D eigenvalue weighted by Gasteiger charge is -2.35. The normalized spacial score (nSPS) is 16.0. The number of nitrogens with zero attached hydrogens (tertiary/aromatic N) is 3. The van der Waals surface area contributed by atoms with E-state index in [0.717, 1.165) is 43.5 Å². The molecule has 3 aromatic rings. The Kier molecular flexibility index (Phi) is 6.22. The van der Waals surface area contributed by atoms with Gasteiger partial charge in [0.1, 0.15) is 5.75 Å². The molecule has 0 fully saturated rings. The SMILES string of the molecule is COc1ccc(-c2nnc(CN(CCCO)[C@H]3CCCc4ccccc43)o2)cc1. The van der Waals surface area contributed by atoms with Crippen LogP contribution in [0.15, 0.2) is 52.9 Å². The van der Waals surface area contributed by atoms with Crippen molar-refractivity contribution in [1.82, 2.24) is 15.1 Å². The molecule has 1 atom stereocenters. The Morgan fingerprint density at radius 2 is 1.97 bits per heavy atom. The summed E-state index contributed by atoms with van der Waals surface area (Å²) in [5.74, 6) is 1.89. The molecule has 0 unspecified atom stereocenters. The Balaban J connectivity index is 1.54. The zero-order valence-corrected chi connectivity index (χ0v) is 16.8. The van der Waals surface area contributed by atoms with Gasteiger partial charge in [-0.3, -0.25) is 4.90 Å². The van der Waals surface area contributed by atoms with Crippen LogP contribution in [0, 0.1) is 0 Å². The van der Waals surface area contributed by atoms with Crippen molar-refractivity contribution < 1.29 is 14.3 Å². The standard InChI is InChI=1S/C23H27N3O3/c1-28-19-12-10-18(11-13-19)23-25-24-22(29-23)16-26(14-5-15-27)21-9-4-7-17-6-2-3-8-20(17)21/h2-3,6,8,10-13,21,27H,4-5,7,9,14-16H2,1H3/t21-/m0/s1. The molecule has 0 aliphatic heterocycles. The van der Waals surface area contributed by atoms with E-state index in [-0.39, 0.29) is 6.61 Å². The fourth-order valence-corrected chi connectivity index (χ4v) is 4.07. The lowest BCUT2D eigenvalue weighted by molar-refractivity contribution is 0.140. The highest BCUT2D eigenvalue weighted by Crippen LogP contribution is 2.35. The van der Waals surface area contributed by atoms with E-state index in [4.69, 9.17) is 9.15 Å². The summed E-state index contributed by atoms with van der Waals surface area (Å²) < 4.78 is 11.2. The van der Waals surface area contributed by atoms with Crippen molar-refractivity contribution in [2.24, 2.45) is 0 Å². The third-order valence-corrected chi connectivity index (χ3v) is 5.52. The van der Waals surface area contributed by atoms with E-state index in [0.29, 0.717) is 24.4 Å². The maximum absolute atomic E-state index is 9.38. The number of benzene rings is 2. The number of fused-ring (bicyclic) bond motifs is 1. The van der Waals surface area contributed by atoms with Gasteiger partial charge < -0.3 is 14.3 Å². The van der Waals surface area contributed by atoms with Crippen LogP contribution in [0.5, 0.6) is 5.75 Å². The molecule has 0 saturated carbocycles. The summed E-state index contributed by atoms with van der Waals surface area (Å²) in [6, 6.07) is 16.6. The molecule has 152 valence electrons. The summed E-state index contributed by atoms with van der Waals surface area (Å²) in [6.45, 7) is 1.53. The third kappa shape index (κ3) is 4.49. The number of aliphatic hydroxyl groups is 1. The fraction of sp³-hybridized carbons (Fsp3) is 0.391. The summed E-state index contributed by atoms with van der Waals surface area (Å²) in [5.41, 5.74) is 3.67. The molecular weight excluding hydrogens is 366 g/mol. The Morgan fingerprint density at radius 3 is 2.76 bits per heavy atom. The van der Waals surface area contributed by atoms with Gasteiger partial charge in [-0.25, -0.2) is 0 Å². The smallest absolute Gasteiger partial charge is 0.247 e. The summed E-state index contributed by atoms with van der Waals surface area (Å²) in [5, 5.41) is 17.9. The van der Waals surface area contributed by atoms with Gasteiger partial charge in [0.2, 0.25) is 11.8 Å². The molecule has 6 nitrogen and oxygen atoms in total. The van der Waals surface area contributed by atoms with E-state index in [9.17, 15) is 5.11 Å². The fourth-order valence-electron chi connectivity index (χ4n) is 4.07. The first-order chi connectivity index (χ1) is 14.3. The Morgan fingerprint density at radius 1 is 1.14 bits per heavy atom. The Hall–Kier alpha value is -2.70. The summed E-state index contributed by atoms with van der Waals surface area (Å²) >= 11 is 0. The number of ether oxygens (including phenoxy) is 1. The van der Waals surface area contributed by atoms with E-state index in [1.54, 1.807) is 7.11 Å². The van der Waals surface area contributed by atoms with Gasteiger partial charge in [-0.05, 0) is 61.1 Å². The van der Waals surface area contributed by atoms with Crippen LogP contribution in [0.2, 0.25) is 0 Å². The van der Waals surface area contributed by atoms with Gasteiger partial charge in [0.25, 0.3) is 0 Å². The van der Waals surface area contributed by atoms with Crippen LogP contribution in [0.25, 0.3) is 11.5 Å². The van der Waals surface area contributed by atoms with Crippen molar-refractivity contribution in [3.05, 3.63) is 65.5 Å². The van der Waals surface area contributed by atoms with Crippen molar-refractivity contribution in [3.63, 3.8) is 0 Å². The Labute approximate surface area is 171 Å². The molecule has 0 saturated heterocycles. The first-order valence-corrected chi connectivity index (χ1v) is 10.2. The molecule has 0 spiro atoms. The highest BCUT2D eigenvalue weighted by Gasteiger charge is 2.27. The largest absolute Gasteiger partial charge is 0.497 e. The molecule has 4 rings (SSSR count). The number of methoxy groups -OCH3 is 1. The van der Waals surface area contributed by atoms with Crippen LogP contribution < -0.4 is 4.74 Å². The molecule has 6 heteroatoms. The zero-order chi connectivity index (χ0) is 20.1. The molecule has 2 aromatic carbocycles. The number of hydrogen-bond acceptors (Lipinski definition) is 6. The first kappa shape index (κ1) is 19.6. The number of rotatable bonds is 8. The molecule has 1 aliphatic rings. The molecule has 0 bridgehead atoms. The van der Waals surface area contributed by atoms with Gasteiger partial charge in [-0.2, -0.15) is 0 Å². The molecule has 0 amide bonds. The predicted molar refractivity (Wildman–Crippen MR) is 111 cm³/mol. The summed E-state index contributed by atoms with van der Waals surface area (Å²) in [6.07, 6.45) is 4.11. The quantitative estimate of drug-likeness (QED) is 0.624. The lowest BCUT2D eigenvalue weighted by Crippen LogP contribution is -2.32. The third-order valence-electron chi connectivity index (χ3n) is 5.52. The number of aromatic nitrogens is 2. The number of hydrogen-bond donors (Lipinski definition) is 1. The van der Waals surface area contributed by atoms with E-state index in [1.165, 1.54) is 11.1 Å². The molecule has 29 heavy (non-hydrogen) atoms. The van der Waals surface area contributed by atoms with Gasteiger partial charge in [0.15, 0.2) is 0 Å². The second-order valence-corrected chi connectivity index (χ2v) is 7.38. The lowest BCUT2D eigenvalue weighted by atomic mass is 9.86. The van der Waals surface area contributed by atoms with Crippen LogP contribution in [0.3, 0.4) is 0 Å². The van der Waals surface area contributed by atoms with Crippen molar-refractivity contribution in [3.8, 4) is 17.2 Å². The molecule has 1 aliphatic carbocycles. The van der Waals surface area contributed by atoms with Gasteiger partial charge in [-0.1, -0.05) is 24.3 Å². The predicted octanol–water partition coefficient (Wildman–Crippen LogP) is 4.01. The second-order valence-electron chi connectivity index (χ2n) is 7.38. The van der Waals surface area contributed by atoms with Gasteiger partial charge in [-0.15, -0.1) is 10.2 Å². The maximum Gasteiger partial charge on any atom is 0.247 e. The van der Waals surface area contributed by atoms with Gasteiger partial charge in [0.05, 0.1) is 13.7 Å². The second kappa shape index (κ2) is 9.20. The number of aliphatic hydroxyl groups excluding tert-OH is 1. The summed E-state index contributed by atoms with van der Waals surface area (Å²) in [4.78, 5) is 2.36. The Bertz CT molecular complexity index is 923. The van der Waals surface area contributed by atoms with Crippen LogP contribution in [0.1, 0.15) is 42.3 Å². The topological polar surface area (TPSA) is 71.6 Å². The van der Waals surface area contributed by atoms with Crippen LogP contribution >= 0.6 is 0 Å². The minimum atomic E-state index is 0.172. The monoisotopic (exact) mass is 393 g/mol. The maximum atomic E-state index is 9.38. The number of aryl methyl sites for hydroxylation is 1. The van der Waals surface area contributed by atoms with E-state index in [2.05, 4.69) is 39.4 Å². The molecular formula is C23H27N3O3. The molecule has 1 aromatic heterocycles. The van der Waals surface area contributed by atoms with E-state index >= 15 is 0 Å². The average molecular weight is 393 g/mol. The van der Waals surface area contributed by atoms with Crippen LogP contribution in [-0.4, -0.2) is 40.5 Å². The minimum Gasteiger partial charge on any atom is -0.497 e. The summed E-state index contributed by atoms with van der Waals surface area (Å²) in [7, 11) is 1.64. The molecule has 1 heterocycles. The van der Waals surface area contributed by atoms with Crippen LogP contribution in [0.4, 0.5) is 0 Å². The van der Waals surface area contributed by atoms with Crippen molar-refractivity contribution in [1.29, 1.82) is 0 Å². The van der Waals surface area contributed by atoms with Crippen molar-refractivity contribution >= 4 is 0 Å². The molecule has 1 N–H and O–H groups in total. The van der Waals surface area contributed by atoms with Crippen molar-refractivity contribution in [2.75, 3.05) is 20.3 Å². The van der Waals surface area contributed by atoms with Gasteiger partial charge >= 0.3 is 0 Å².